The van der Waals surface area contributed by atoms with Crippen LogP contribution in [0.2, 0.25) is 0 Å². The first-order valence-corrected chi connectivity index (χ1v) is 6.36. The van der Waals surface area contributed by atoms with Crippen LogP contribution in [-0.4, -0.2) is 18.8 Å². The number of carbonyl (C=O) groups excluding carboxylic acids is 1. The number of hydrogen-bond acceptors (Lipinski definition) is 7. The Balaban J connectivity index is 3.07. The zero-order chi connectivity index (χ0) is 12.8. The molecule has 1 aromatic rings. The Morgan fingerprint density at radius 3 is 2.82 bits per heavy atom. The van der Waals surface area contributed by atoms with Crippen molar-refractivity contribution in [2.75, 3.05) is 18.6 Å². The molecule has 1 heterocycles. The quantitative estimate of drug-likeness (QED) is 0.508. The van der Waals surface area contributed by atoms with E-state index in [0.717, 1.165) is 11.3 Å². The lowest BCUT2D eigenvalue weighted by molar-refractivity contribution is 0.0599. The number of thiophene rings is 1. The Bertz CT molecular complexity index is 511. The van der Waals surface area contributed by atoms with Crippen molar-refractivity contribution in [2.24, 2.45) is 0 Å². The molecule has 7 heteroatoms. The van der Waals surface area contributed by atoms with E-state index in [-0.39, 0.29) is 11.3 Å². The van der Waals surface area contributed by atoms with Gasteiger partial charge in [-0.3, -0.25) is 0 Å². The average molecular weight is 267 g/mol. The Morgan fingerprint density at radius 2 is 2.29 bits per heavy atom. The van der Waals surface area contributed by atoms with Gasteiger partial charge in [0.2, 0.25) is 0 Å². The van der Waals surface area contributed by atoms with Gasteiger partial charge in [0, 0.05) is 12.2 Å². The third-order valence-electron chi connectivity index (χ3n) is 1.85. The van der Waals surface area contributed by atoms with Crippen LogP contribution in [-0.2, 0) is 4.74 Å². The van der Waals surface area contributed by atoms with Crippen LogP contribution in [0.4, 0.5) is 5.69 Å². The second-order valence-corrected chi connectivity index (χ2v) is 5.25. The van der Waals surface area contributed by atoms with Gasteiger partial charge in [-0.1, -0.05) is 0 Å². The molecule has 17 heavy (non-hydrogen) atoms. The van der Waals surface area contributed by atoms with E-state index in [0.29, 0.717) is 21.3 Å². The van der Waals surface area contributed by atoms with E-state index in [1.165, 1.54) is 18.9 Å². The SMILES string of the molecule is COC(=O)c1c(SCCC#N)sc(C#N)c1N. The van der Waals surface area contributed by atoms with E-state index in [9.17, 15) is 4.79 Å². The van der Waals surface area contributed by atoms with Crippen molar-refractivity contribution in [1.29, 1.82) is 10.5 Å². The highest BCUT2D eigenvalue weighted by atomic mass is 32.2. The number of esters is 1. The van der Waals surface area contributed by atoms with Crippen LogP contribution in [0.3, 0.4) is 0 Å². The Kier molecular flexibility index (Phi) is 4.83. The van der Waals surface area contributed by atoms with Crippen LogP contribution in [0.5, 0.6) is 0 Å². The lowest BCUT2D eigenvalue weighted by atomic mass is 10.2. The highest BCUT2D eigenvalue weighted by molar-refractivity contribution is 8.01. The molecule has 0 fully saturated rings. The molecule has 2 N–H and O–H groups in total. The van der Waals surface area contributed by atoms with Gasteiger partial charge in [-0.05, 0) is 0 Å². The van der Waals surface area contributed by atoms with E-state index in [1.54, 1.807) is 0 Å². The minimum atomic E-state index is -0.556. The molecule has 0 spiro atoms. The first-order chi connectivity index (χ1) is 8.15. The molecule has 0 saturated carbocycles. The molecule has 5 nitrogen and oxygen atoms in total. The average Bonchev–Trinajstić information content (AvgIpc) is 2.65. The highest BCUT2D eigenvalue weighted by Crippen LogP contribution is 2.38. The fraction of sp³-hybridized carbons (Fsp3) is 0.300. The van der Waals surface area contributed by atoms with Gasteiger partial charge in [-0.15, -0.1) is 23.1 Å². The molecule has 0 atom stereocenters. The fourth-order valence-corrected chi connectivity index (χ4v) is 3.28. The molecule has 1 aromatic heterocycles. The second kappa shape index (κ2) is 6.14. The minimum Gasteiger partial charge on any atom is -0.465 e. The smallest absolute Gasteiger partial charge is 0.342 e. The summed E-state index contributed by atoms with van der Waals surface area (Å²) < 4.78 is 5.25. The summed E-state index contributed by atoms with van der Waals surface area (Å²) in [5.41, 5.74) is 6.09. The molecule has 0 aliphatic heterocycles. The summed E-state index contributed by atoms with van der Waals surface area (Å²) in [5.74, 6) is -0.00889. The topological polar surface area (TPSA) is 99.9 Å². The Hall–Kier alpha value is -1.70. The minimum absolute atomic E-state index is 0.156. The van der Waals surface area contributed by atoms with Crippen molar-refractivity contribution in [3.63, 3.8) is 0 Å². The molecule has 0 aliphatic rings. The number of hydrogen-bond donors (Lipinski definition) is 1. The number of methoxy groups -OCH3 is 1. The van der Waals surface area contributed by atoms with Crippen LogP contribution >= 0.6 is 23.1 Å². The standard InChI is InChI=1S/C10H9N3O2S2/c1-15-9(14)7-8(13)6(5-12)17-10(7)16-4-2-3-11/h2,4,13H2,1H3. The van der Waals surface area contributed by atoms with Gasteiger partial charge in [0.25, 0.3) is 0 Å². The molecule has 0 aromatic carbocycles. The lowest BCUT2D eigenvalue weighted by Crippen LogP contribution is -2.04. The van der Waals surface area contributed by atoms with Crippen molar-refractivity contribution in [3.05, 3.63) is 10.4 Å². The summed E-state index contributed by atoms with van der Waals surface area (Å²) >= 11 is 2.48. The third-order valence-corrected chi connectivity index (χ3v) is 4.23. The largest absolute Gasteiger partial charge is 0.465 e. The van der Waals surface area contributed by atoms with Crippen LogP contribution in [0.1, 0.15) is 21.7 Å². The summed E-state index contributed by atoms with van der Waals surface area (Å²) in [6.45, 7) is 0. The number of anilines is 1. The Morgan fingerprint density at radius 1 is 1.59 bits per heavy atom. The van der Waals surface area contributed by atoms with Gasteiger partial charge in [0.05, 0.1) is 23.1 Å². The maximum absolute atomic E-state index is 11.5. The first-order valence-electron chi connectivity index (χ1n) is 4.56. The second-order valence-electron chi connectivity index (χ2n) is 2.87. The van der Waals surface area contributed by atoms with Crippen LogP contribution in [0, 0.1) is 22.7 Å². The number of rotatable bonds is 4. The number of nitrogens with two attached hydrogens (primary N) is 1. The number of carbonyl (C=O) groups is 1. The zero-order valence-electron chi connectivity index (χ0n) is 9.02. The lowest BCUT2D eigenvalue weighted by Gasteiger charge is -2.01. The van der Waals surface area contributed by atoms with Crippen molar-refractivity contribution in [3.8, 4) is 12.1 Å². The van der Waals surface area contributed by atoms with Gasteiger partial charge >= 0.3 is 5.97 Å². The van der Waals surface area contributed by atoms with Gasteiger partial charge in [-0.25, -0.2) is 4.79 Å². The molecule has 0 radical (unpaired) electrons. The summed E-state index contributed by atoms with van der Waals surface area (Å²) in [7, 11) is 1.26. The van der Waals surface area contributed by atoms with E-state index >= 15 is 0 Å². The molecule has 0 bridgehead atoms. The fourth-order valence-electron chi connectivity index (χ4n) is 1.09. The number of nitrogens with zero attached hydrogens (tertiary/aromatic N) is 2. The predicted octanol–water partition coefficient (Wildman–Crippen LogP) is 1.99. The number of nitrogen functional groups attached to an aromatic ring is 1. The molecule has 0 amide bonds. The summed E-state index contributed by atoms with van der Waals surface area (Å²) in [6, 6.07) is 3.94. The van der Waals surface area contributed by atoms with E-state index < -0.39 is 5.97 Å². The van der Waals surface area contributed by atoms with Crippen molar-refractivity contribution in [2.45, 2.75) is 10.6 Å². The molecule has 0 saturated heterocycles. The summed E-state index contributed by atoms with van der Waals surface area (Å²) in [6.07, 6.45) is 0.366. The first kappa shape index (κ1) is 13.4. The third kappa shape index (κ3) is 2.90. The van der Waals surface area contributed by atoms with Crippen molar-refractivity contribution >= 4 is 34.8 Å². The van der Waals surface area contributed by atoms with Gasteiger partial charge in [-0.2, -0.15) is 10.5 Å². The molecule has 0 aliphatic carbocycles. The van der Waals surface area contributed by atoms with E-state index in [4.69, 9.17) is 16.3 Å². The van der Waals surface area contributed by atoms with Crippen LogP contribution < -0.4 is 5.73 Å². The van der Waals surface area contributed by atoms with Crippen molar-refractivity contribution in [1.82, 2.24) is 0 Å². The Labute approximate surface area is 107 Å². The maximum Gasteiger partial charge on any atom is 0.342 e. The van der Waals surface area contributed by atoms with E-state index in [2.05, 4.69) is 4.74 Å². The monoisotopic (exact) mass is 267 g/mol. The predicted molar refractivity (Wildman–Crippen MR) is 65.7 cm³/mol. The normalized spacial score (nSPS) is 9.35. The zero-order valence-corrected chi connectivity index (χ0v) is 10.7. The number of thioether (sulfide) groups is 1. The maximum atomic E-state index is 11.5. The summed E-state index contributed by atoms with van der Waals surface area (Å²) in [4.78, 5) is 11.8. The van der Waals surface area contributed by atoms with E-state index in [1.807, 2.05) is 12.1 Å². The van der Waals surface area contributed by atoms with Crippen molar-refractivity contribution < 1.29 is 9.53 Å². The molecular formula is C10H9N3O2S2. The summed E-state index contributed by atoms with van der Waals surface area (Å²) in [5, 5.41) is 17.3. The van der Waals surface area contributed by atoms with Gasteiger partial charge < -0.3 is 10.5 Å². The number of nitriles is 2. The van der Waals surface area contributed by atoms with Crippen LogP contribution in [0.25, 0.3) is 0 Å². The molecular weight excluding hydrogens is 258 g/mol. The molecule has 88 valence electrons. The molecule has 1 rings (SSSR count). The molecule has 0 unspecified atom stereocenters. The van der Waals surface area contributed by atoms with Crippen LogP contribution in [0.15, 0.2) is 4.21 Å². The van der Waals surface area contributed by atoms with Gasteiger partial charge in [0.15, 0.2) is 0 Å². The van der Waals surface area contributed by atoms with Gasteiger partial charge in [0.1, 0.15) is 16.5 Å². The number of ether oxygens (including phenoxy) is 1. The highest BCUT2D eigenvalue weighted by Gasteiger charge is 2.22.